The summed E-state index contributed by atoms with van der Waals surface area (Å²) in [6.07, 6.45) is 5.16. The molecule has 0 aromatic carbocycles. The molecule has 0 aliphatic carbocycles. The average molecular weight is 415 g/mol. The molecule has 3 aliphatic heterocycles. The van der Waals surface area contributed by atoms with Crippen molar-refractivity contribution in [2.45, 2.75) is 43.6 Å². The predicted octanol–water partition coefficient (Wildman–Crippen LogP) is 0.931. The fourth-order valence-electron chi connectivity index (χ4n) is 5.16. The highest BCUT2D eigenvalue weighted by atomic mass is 16.5. The first-order chi connectivity index (χ1) is 14.5. The van der Waals surface area contributed by atoms with E-state index in [-0.39, 0.29) is 36.0 Å². The molecule has 3 aliphatic rings. The maximum absolute atomic E-state index is 13.4. The third-order valence-electron chi connectivity index (χ3n) is 6.69. The van der Waals surface area contributed by atoms with E-state index in [1.807, 2.05) is 23.1 Å². The van der Waals surface area contributed by atoms with Gasteiger partial charge in [-0.25, -0.2) is 0 Å². The maximum atomic E-state index is 13.4. The normalized spacial score (nSPS) is 29.4. The molecule has 1 spiro atoms. The lowest BCUT2D eigenvalue weighted by Crippen LogP contribution is -2.53. The molecule has 1 aromatic rings. The Bertz CT molecular complexity index is 802. The molecule has 0 radical (unpaired) electrons. The van der Waals surface area contributed by atoms with Crippen molar-refractivity contribution in [2.75, 3.05) is 39.9 Å². The number of nitrogens with one attached hydrogen (secondary N) is 1. The van der Waals surface area contributed by atoms with Crippen molar-refractivity contribution in [1.82, 2.24) is 20.1 Å². The first-order valence-electron chi connectivity index (χ1n) is 10.8. The minimum Gasteiger partial charge on any atom is -0.383 e. The summed E-state index contributed by atoms with van der Waals surface area (Å²) in [7, 11) is 1.60. The number of carbonyl (C=O) groups excluding carboxylic acids is 3. The molecule has 3 saturated heterocycles. The summed E-state index contributed by atoms with van der Waals surface area (Å²) in [6, 6.07) is 5.80. The molecule has 0 bridgehead atoms. The largest absolute Gasteiger partial charge is 0.383 e. The number of hydrogen-bond donors (Lipinski definition) is 1. The lowest BCUT2D eigenvalue weighted by atomic mass is 9.81. The van der Waals surface area contributed by atoms with Gasteiger partial charge in [0, 0.05) is 63.9 Å². The molecule has 3 atom stereocenters. The lowest BCUT2D eigenvalue weighted by Gasteiger charge is -2.34. The molecule has 162 valence electrons. The van der Waals surface area contributed by atoms with Gasteiger partial charge in [-0.3, -0.25) is 19.4 Å². The zero-order valence-electron chi connectivity index (χ0n) is 17.5. The van der Waals surface area contributed by atoms with Gasteiger partial charge >= 0.3 is 0 Å². The van der Waals surface area contributed by atoms with Gasteiger partial charge < -0.3 is 19.9 Å². The van der Waals surface area contributed by atoms with E-state index >= 15 is 0 Å². The number of methoxy groups -OCH3 is 1. The third-order valence-corrected chi connectivity index (χ3v) is 6.69. The summed E-state index contributed by atoms with van der Waals surface area (Å²) in [5.74, 6) is -0.339. The molecule has 0 saturated carbocycles. The highest BCUT2D eigenvalue weighted by Crippen LogP contribution is 2.41. The molecule has 1 unspecified atom stereocenters. The van der Waals surface area contributed by atoms with E-state index in [4.69, 9.17) is 4.74 Å². The van der Waals surface area contributed by atoms with Crippen molar-refractivity contribution in [1.29, 1.82) is 0 Å². The Hall–Kier alpha value is -2.48. The second kappa shape index (κ2) is 8.71. The van der Waals surface area contributed by atoms with Crippen LogP contribution in [0.1, 0.15) is 43.7 Å². The second-order valence-electron chi connectivity index (χ2n) is 8.67. The number of nitrogens with zero attached hydrogens (tertiary/aromatic N) is 3. The van der Waals surface area contributed by atoms with Gasteiger partial charge in [-0.1, -0.05) is 12.5 Å². The van der Waals surface area contributed by atoms with E-state index in [0.717, 1.165) is 25.0 Å². The molecule has 30 heavy (non-hydrogen) atoms. The van der Waals surface area contributed by atoms with E-state index in [1.54, 1.807) is 18.2 Å². The van der Waals surface area contributed by atoms with Gasteiger partial charge in [0.1, 0.15) is 0 Å². The van der Waals surface area contributed by atoms with Crippen LogP contribution in [0.4, 0.5) is 0 Å². The minimum atomic E-state index is -0.490. The monoisotopic (exact) mass is 414 g/mol. The van der Waals surface area contributed by atoms with Gasteiger partial charge in [0.05, 0.1) is 18.1 Å². The molecule has 4 rings (SSSR count). The van der Waals surface area contributed by atoms with Gasteiger partial charge in [0.15, 0.2) is 0 Å². The Balaban J connectivity index is 1.54. The zero-order chi connectivity index (χ0) is 21.1. The SMILES string of the molecule is COCCN1CC(C(=O)N2C[C@@H](c3ccccn3)[C@@]3(CCCCC(=O)N3)C2)CC1=O. The Labute approximate surface area is 177 Å². The zero-order valence-corrected chi connectivity index (χ0v) is 17.5. The van der Waals surface area contributed by atoms with E-state index in [1.165, 1.54) is 0 Å². The highest BCUT2D eigenvalue weighted by Gasteiger charge is 2.51. The van der Waals surface area contributed by atoms with Crippen molar-refractivity contribution >= 4 is 17.7 Å². The smallest absolute Gasteiger partial charge is 0.228 e. The van der Waals surface area contributed by atoms with Crippen LogP contribution in [0.15, 0.2) is 24.4 Å². The van der Waals surface area contributed by atoms with E-state index in [2.05, 4.69) is 10.3 Å². The van der Waals surface area contributed by atoms with Crippen molar-refractivity contribution in [2.24, 2.45) is 5.92 Å². The van der Waals surface area contributed by atoms with Crippen LogP contribution < -0.4 is 5.32 Å². The van der Waals surface area contributed by atoms with Gasteiger partial charge in [-0.2, -0.15) is 0 Å². The predicted molar refractivity (Wildman–Crippen MR) is 109 cm³/mol. The number of amides is 3. The van der Waals surface area contributed by atoms with Gasteiger partial charge in [-0.15, -0.1) is 0 Å². The first-order valence-corrected chi connectivity index (χ1v) is 10.8. The molecule has 8 heteroatoms. The standard InChI is InChI=1S/C22H30N4O4/c1-30-11-10-25-13-16(12-20(25)28)21(29)26-14-17(18-6-3-5-9-23-18)22(15-26)8-4-2-7-19(27)24-22/h3,5-6,9,16-17H,2,4,7-8,10-15H2,1H3,(H,24,27)/t16?,17-,22+/m0/s1. The summed E-state index contributed by atoms with van der Waals surface area (Å²) in [5.41, 5.74) is 0.412. The van der Waals surface area contributed by atoms with Crippen LogP contribution in [0.2, 0.25) is 0 Å². The molecule has 3 amide bonds. The number of pyridine rings is 1. The van der Waals surface area contributed by atoms with Crippen molar-refractivity contribution in [3.63, 3.8) is 0 Å². The molecule has 8 nitrogen and oxygen atoms in total. The van der Waals surface area contributed by atoms with Crippen LogP contribution in [-0.2, 0) is 19.1 Å². The van der Waals surface area contributed by atoms with Crippen LogP contribution in [-0.4, -0.2) is 77.9 Å². The van der Waals surface area contributed by atoms with Gasteiger partial charge in [0.25, 0.3) is 0 Å². The fraction of sp³-hybridized carbons (Fsp3) is 0.636. The highest BCUT2D eigenvalue weighted by molar-refractivity contribution is 5.89. The number of rotatable bonds is 5. The third kappa shape index (κ3) is 4.05. The first kappa shape index (κ1) is 20.8. The molecule has 1 N–H and O–H groups in total. The number of likely N-dealkylation sites (tertiary alicyclic amines) is 2. The summed E-state index contributed by atoms with van der Waals surface area (Å²) >= 11 is 0. The maximum Gasteiger partial charge on any atom is 0.228 e. The van der Waals surface area contributed by atoms with Crippen LogP contribution in [0.25, 0.3) is 0 Å². The number of hydrogen-bond acceptors (Lipinski definition) is 5. The van der Waals surface area contributed by atoms with E-state index in [0.29, 0.717) is 39.2 Å². The number of aromatic nitrogens is 1. The van der Waals surface area contributed by atoms with Gasteiger partial charge in [0.2, 0.25) is 17.7 Å². The van der Waals surface area contributed by atoms with Crippen molar-refractivity contribution < 1.29 is 19.1 Å². The Kier molecular flexibility index (Phi) is 6.04. The fourth-order valence-corrected chi connectivity index (χ4v) is 5.16. The van der Waals surface area contributed by atoms with Gasteiger partial charge in [-0.05, 0) is 25.0 Å². The average Bonchev–Trinajstić information content (AvgIpc) is 3.24. The quantitative estimate of drug-likeness (QED) is 0.774. The molecular formula is C22H30N4O4. The minimum absolute atomic E-state index is 0.000399. The van der Waals surface area contributed by atoms with Crippen LogP contribution in [0, 0.1) is 5.92 Å². The second-order valence-corrected chi connectivity index (χ2v) is 8.67. The molecule has 4 heterocycles. The van der Waals surface area contributed by atoms with Crippen molar-refractivity contribution in [3.8, 4) is 0 Å². The van der Waals surface area contributed by atoms with Crippen LogP contribution >= 0.6 is 0 Å². The van der Waals surface area contributed by atoms with E-state index < -0.39 is 5.54 Å². The molecular weight excluding hydrogens is 384 g/mol. The van der Waals surface area contributed by atoms with E-state index in [9.17, 15) is 14.4 Å². The lowest BCUT2D eigenvalue weighted by molar-refractivity contribution is -0.135. The Morgan fingerprint density at radius 3 is 2.93 bits per heavy atom. The number of ether oxygens (including phenoxy) is 1. The van der Waals surface area contributed by atoms with Crippen LogP contribution in [0.5, 0.6) is 0 Å². The summed E-state index contributed by atoms with van der Waals surface area (Å²) in [5, 5.41) is 3.26. The summed E-state index contributed by atoms with van der Waals surface area (Å²) in [4.78, 5) is 46.2. The molecule has 1 aromatic heterocycles. The summed E-state index contributed by atoms with van der Waals surface area (Å²) in [6.45, 7) is 2.40. The topological polar surface area (TPSA) is 91.8 Å². The Morgan fingerprint density at radius 1 is 1.30 bits per heavy atom. The van der Waals surface area contributed by atoms with Crippen molar-refractivity contribution in [3.05, 3.63) is 30.1 Å². The molecule has 3 fully saturated rings. The Morgan fingerprint density at radius 2 is 2.17 bits per heavy atom. The summed E-state index contributed by atoms with van der Waals surface area (Å²) < 4.78 is 5.07. The van der Waals surface area contributed by atoms with Crippen LogP contribution in [0.3, 0.4) is 0 Å². The number of carbonyl (C=O) groups is 3.